The van der Waals surface area contributed by atoms with E-state index >= 15 is 0 Å². The van der Waals surface area contributed by atoms with E-state index in [1.807, 2.05) is 6.92 Å². The van der Waals surface area contributed by atoms with Crippen molar-refractivity contribution in [1.82, 2.24) is 0 Å². The fourth-order valence-corrected chi connectivity index (χ4v) is 3.41. The Labute approximate surface area is 146 Å². The van der Waals surface area contributed by atoms with E-state index in [1.165, 1.54) is 38.5 Å². The van der Waals surface area contributed by atoms with Crippen LogP contribution in [0.25, 0.3) is 0 Å². The van der Waals surface area contributed by atoms with Crippen LogP contribution in [-0.2, 0) is 10.0 Å². The molecule has 2 rings (SSSR count). The molecular weight excluding hydrogens is 354 g/mol. The highest BCUT2D eigenvalue weighted by Gasteiger charge is 2.19. The van der Waals surface area contributed by atoms with Crippen LogP contribution in [0.5, 0.6) is 17.2 Å². The van der Waals surface area contributed by atoms with Crippen LogP contribution < -0.4 is 18.9 Å². The van der Waals surface area contributed by atoms with Crippen molar-refractivity contribution >= 4 is 27.3 Å². The van der Waals surface area contributed by atoms with E-state index in [1.54, 1.807) is 12.1 Å². The highest BCUT2D eigenvalue weighted by atomic mass is 35.5. The summed E-state index contributed by atoms with van der Waals surface area (Å²) in [6.07, 6.45) is 0. The first-order valence-corrected chi connectivity index (χ1v) is 8.94. The molecule has 0 amide bonds. The molecule has 1 N–H and O–H groups in total. The van der Waals surface area contributed by atoms with Gasteiger partial charge in [-0.15, -0.1) is 0 Å². The van der Waals surface area contributed by atoms with Crippen LogP contribution in [0.2, 0.25) is 5.02 Å². The van der Waals surface area contributed by atoms with Gasteiger partial charge in [0.05, 0.1) is 36.4 Å². The monoisotopic (exact) mass is 371 g/mol. The predicted molar refractivity (Wildman–Crippen MR) is 93.0 cm³/mol. The maximum atomic E-state index is 12.6. The molecule has 0 atom stereocenters. The minimum atomic E-state index is -3.85. The van der Waals surface area contributed by atoms with Crippen molar-refractivity contribution in [2.75, 3.05) is 25.5 Å². The molecule has 0 bridgehead atoms. The lowest BCUT2D eigenvalue weighted by Crippen LogP contribution is -2.14. The van der Waals surface area contributed by atoms with Gasteiger partial charge in [0.1, 0.15) is 17.2 Å². The first-order chi connectivity index (χ1) is 11.4. The molecule has 8 heteroatoms. The van der Waals surface area contributed by atoms with E-state index < -0.39 is 10.0 Å². The molecule has 2 aromatic carbocycles. The normalized spacial score (nSPS) is 11.0. The quantitative estimate of drug-likeness (QED) is 0.805. The van der Waals surface area contributed by atoms with Gasteiger partial charge < -0.3 is 14.2 Å². The standard InChI is InChI=1S/C16H18ClNO5S/c1-4-23-15-8-6-12(10-13(15)17)24(19,20)18-14-9-11(21-2)5-7-16(14)22-3/h5-10,18H,4H2,1-3H3. The third kappa shape index (κ3) is 4.04. The lowest BCUT2D eigenvalue weighted by molar-refractivity contribution is 0.340. The maximum absolute atomic E-state index is 12.6. The molecule has 0 saturated carbocycles. The number of halogens is 1. The Morgan fingerprint density at radius 1 is 1.04 bits per heavy atom. The largest absolute Gasteiger partial charge is 0.497 e. The summed E-state index contributed by atoms with van der Waals surface area (Å²) in [5, 5.41) is 0.220. The van der Waals surface area contributed by atoms with Crippen molar-refractivity contribution in [3.8, 4) is 17.2 Å². The second-order valence-electron chi connectivity index (χ2n) is 4.70. The molecule has 0 unspecified atom stereocenters. The molecule has 0 saturated heterocycles. The first kappa shape index (κ1) is 18.2. The molecule has 6 nitrogen and oxygen atoms in total. The smallest absolute Gasteiger partial charge is 0.262 e. The van der Waals surface area contributed by atoms with Crippen LogP contribution in [0.1, 0.15) is 6.92 Å². The molecule has 0 aromatic heterocycles. The average Bonchev–Trinajstić information content (AvgIpc) is 2.56. The highest BCUT2D eigenvalue weighted by molar-refractivity contribution is 7.92. The second-order valence-corrected chi connectivity index (χ2v) is 6.79. The van der Waals surface area contributed by atoms with E-state index in [-0.39, 0.29) is 15.6 Å². The topological polar surface area (TPSA) is 73.9 Å². The zero-order valence-corrected chi connectivity index (χ0v) is 15.1. The molecule has 0 radical (unpaired) electrons. The van der Waals surface area contributed by atoms with Crippen LogP contribution in [0.3, 0.4) is 0 Å². The Morgan fingerprint density at radius 3 is 2.33 bits per heavy atom. The van der Waals surface area contributed by atoms with E-state index in [0.29, 0.717) is 23.9 Å². The van der Waals surface area contributed by atoms with Crippen LogP contribution in [-0.4, -0.2) is 29.2 Å². The van der Waals surface area contributed by atoms with Crippen LogP contribution in [0.4, 0.5) is 5.69 Å². The summed E-state index contributed by atoms with van der Waals surface area (Å²) in [6, 6.07) is 9.09. The summed E-state index contributed by atoms with van der Waals surface area (Å²) in [4.78, 5) is 0.0147. The second kappa shape index (κ2) is 7.63. The number of rotatable bonds is 7. The minimum Gasteiger partial charge on any atom is -0.497 e. The zero-order chi connectivity index (χ0) is 17.7. The van der Waals surface area contributed by atoms with Crippen LogP contribution >= 0.6 is 11.6 Å². The van der Waals surface area contributed by atoms with E-state index in [2.05, 4.69) is 4.72 Å². The summed E-state index contributed by atoms with van der Waals surface area (Å²) in [7, 11) is -0.907. The van der Waals surface area contributed by atoms with E-state index in [9.17, 15) is 8.42 Å². The number of hydrogen-bond donors (Lipinski definition) is 1. The first-order valence-electron chi connectivity index (χ1n) is 7.08. The Morgan fingerprint density at radius 2 is 1.75 bits per heavy atom. The van der Waals surface area contributed by atoms with Gasteiger partial charge >= 0.3 is 0 Å². The van der Waals surface area contributed by atoms with Gasteiger partial charge in [0, 0.05) is 6.07 Å². The number of methoxy groups -OCH3 is 2. The molecule has 0 aliphatic carbocycles. The lowest BCUT2D eigenvalue weighted by atomic mass is 10.3. The zero-order valence-electron chi connectivity index (χ0n) is 13.5. The lowest BCUT2D eigenvalue weighted by Gasteiger charge is -2.14. The number of nitrogens with one attached hydrogen (secondary N) is 1. The summed E-state index contributed by atoms with van der Waals surface area (Å²) in [5.74, 6) is 1.30. The van der Waals surface area contributed by atoms with Gasteiger partial charge in [0.25, 0.3) is 10.0 Å². The third-order valence-corrected chi connectivity index (χ3v) is 4.82. The molecule has 0 aliphatic heterocycles. The van der Waals surface area contributed by atoms with Crippen molar-refractivity contribution in [1.29, 1.82) is 0 Å². The van der Waals surface area contributed by atoms with Crippen molar-refractivity contribution in [3.05, 3.63) is 41.4 Å². The molecule has 0 aliphatic rings. The van der Waals surface area contributed by atoms with Crippen molar-refractivity contribution < 1.29 is 22.6 Å². The number of ether oxygens (including phenoxy) is 3. The Balaban J connectivity index is 2.36. The molecule has 0 fully saturated rings. The Bertz CT molecular complexity index is 823. The SMILES string of the molecule is CCOc1ccc(S(=O)(=O)Nc2cc(OC)ccc2OC)cc1Cl. The van der Waals surface area contributed by atoms with Gasteiger partial charge in [0.2, 0.25) is 0 Å². The number of sulfonamides is 1. The molecule has 0 spiro atoms. The van der Waals surface area contributed by atoms with Crippen molar-refractivity contribution in [2.45, 2.75) is 11.8 Å². The fourth-order valence-electron chi connectivity index (χ4n) is 2.02. The maximum Gasteiger partial charge on any atom is 0.262 e. The average molecular weight is 372 g/mol. The highest BCUT2D eigenvalue weighted by Crippen LogP contribution is 2.32. The minimum absolute atomic E-state index is 0.0147. The summed E-state index contributed by atoms with van der Waals surface area (Å²) in [5.41, 5.74) is 0.266. The van der Waals surface area contributed by atoms with Crippen LogP contribution in [0, 0.1) is 0 Å². The molecule has 2 aromatic rings. The molecular formula is C16H18ClNO5S. The summed E-state index contributed by atoms with van der Waals surface area (Å²) < 4.78 is 43.2. The number of benzene rings is 2. The molecule has 24 heavy (non-hydrogen) atoms. The third-order valence-electron chi connectivity index (χ3n) is 3.16. The number of anilines is 1. The summed E-state index contributed by atoms with van der Waals surface area (Å²) >= 11 is 6.06. The van der Waals surface area contributed by atoms with Gasteiger partial charge in [-0.1, -0.05) is 11.6 Å². The van der Waals surface area contributed by atoms with E-state index in [0.717, 1.165) is 0 Å². The molecule has 0 heterocycles. The van der Waals surface area contributed by atoms with Gasteiger partial charge in [0.15, 0.2) is 0 Å². The van der Waals surface area contributed by atoms with E-state index in [4.69, 9.17) is 25.8 Å². The van der Waals surface area contributed by atoms with Gasteiger partial charge in [-0.2, -0.15) is 0 Å². The molecule has 130 valence electrons. The van der Waals surface area contributed by atoms with Crippen LogP contribution in [0.15, 0.2) is 41.3 Å². The fraction of sp³-hybridized carbons (Fsp3) is 0.250. The van der Waals surface area contributed by atoms with Gasteiger partial charge in [-0.05, 0) is 37.3 Å². The Hall–Kier alpha value is -2.12. The Kier molecular flexibility index (Phi) is 5.80. The summed E-state index contributed by atoms with van der Waals surface area (Å²) in [6.45, 7) is 2.25. The number of hydrogen-bond acceptors (Lipinski definition) is 5. The van der Waals surface area contributed by atoms with Gasteiger partial charge in [-0.25, -0.2) is 8.42 Å². The van der Waals surface area contributed by atoms with Gasteiger partial charge in [-0.3, -0.25) is 4.72 Å². The van der Waals surface area contributed by atoms with Crippen molar-refractivity contribution in [2.24, 2.45) is 0 Å². The predicted octanol–water partition coefficient (Wildman–Crippen LogP) is 3.56. The van der Waals surface area contributed by atoms with Crippen molar-refractivity contribution in [3.63, 3.8) is 0 Å².